The molecule has 0 saturated heterocycles. The van der Waals surface area contributed by atoms with Crippen molar-refractivity contribution in [2.75, 3.05) is 0 Å². The molecule has 0 aliphatic heterocycles. The van der Waals surface area contributed by atoms with E-state index in [2.05, 4.69) is 28.1 Å². The highest BCUT2D eigenvalue weighted by Crippen LogP contribution is 2.33. The molecule has 0 amide bonds. The van der Waals surface area contributed by atoms with E-state index in [1.807, 2.05) is 6.07 Å². The van der Waals surface area contributed by atoms with Crippen LogP contribution in [0.15, 0.2) is 22.7 Å². The van der Waals surface area contributed by atoms with Gasteiger partial charge in [0.25, 0.3) is 0 Å². The van der Waals surface area contributed by atoms with E-state index in [1.54, 1.807) is 6.92 Å². The van der Waals surface area contributed by atoms with Crippen LogP contribution < -0.4 is 0 Å². The molecule has 1 aliphatic rings. The van der Waals surface area contributed by atoms with Gasteiger partial charge in [-0.3, -0.25) is 4.79 Å². The molecular weight excluding hydrogens is 240 g/mol. The fourth-order valence-electron chi connectivity index (χ4n) is 2.21. The van der Waals surface area contributed by atoms with E-state index >= 15 is 0 Å². The van der Waals surface area contributed by atoms with Gasteiger partial charge in [0.2, 0.25) is 0 Å². The summed E-state index contributed by atoms with van der Waals surface area (Å²) in [6.07, 6.45) is 3.26. The lowest BCUT2D eigenvalue weighted by Gasteiger charge is -2.23. The van der Waals surface area contributed by atoms with Crippen LogP contribution in [0.1, 0.15) is 36.8 Å². The molecule has 0 radical (unpaired) electrons. The van der Waals surface area contributed by atoms with Gasteiger partial charge in [-0.1, -0.05) is 22.0 Å². The first-order valence-electron chi connectivity index (χ1n) is 4.97. The van der Waals surface area contributed by atoms with Crippen molar-refractivity contribution in [1.82, 2.24) is 0 Å². The second-order valence-electron chi connectivity index (χ2n) is 3.90. The molecule has 0 heterocycles. The first-order valence-corrected chi connectivity index (χ1v) is 5.76. The summed E-state index contributed by atoms with van der Waals surface area (Å²) in [5.74, 6) is 0.445. The Morgan fingerprint density at radius 2 is 2.29 bits per heavy atom. The number of Topliss-reactive ketones (excluding diaryl/α,β-unsaturated/α-hetero) is 1. The van der Waals surface area contributed by atoms with E-state index in [0.717, 1.165) is 23.7 Å². The number of aryl methyl sites for hydroxylation is 1. The molecule has 0 bridgehead atoms. The third kappa shape index (κ3) is 1.76. The summed E-state index contributed by atoms with van der Waals surface area (Å²) in [6, 6.07) is 6.26. The quantitative estimate of drug-likeness (QED) is 0.749. The van der Waals surface area contributed by atoms with Crippen LogP contribution in [0.25, 0.3) is 0 Å². The van der Waals surface area contributed by atoms with Crippen molar-refractivity contribution in [2.45, 2.75) is 32.1 Å². The number of hydrogen-bond donors (Lipinski definition) is 0. The second-order valence-corrected chi connectivity index (χ2v) is 4.81. The summed E-state index contributed by atoms with van der Waals surface area (Å²) in [7, 11) is 0. The van der Waals surface area contributed by atoms with Crippen LogP contribution in [-0.2, 0) is 11.2 Å². The van der Waals surface area contributed by atoms with Crippen molar-refractivity contribution >= 4 is 21.7 Å². The minimum atomic E-state index is 0.145. The first kappa shape index (κ1) is 9.91. The fraction of sp³-hybridized carbons (Fsp3) is 0.417. The van der Waals surface area contributed by atoms with Crippen molar-refractivity contribution in [1.29, 1.82) is 0 Å². The molecule has 0 saturated carbocycles. The number of carbonyl (C=O) groups is 1. The number of ketones is 1. The maximum absolute atomic E-state index is 11.4. The van der Waals surface area contributed by atoms with Gasteiger partial charge in [-0.05, 0) is 49.4 Å². The Morgan fingerprint density at radius 1 is 1.50 bits per heavy atom. The Labute approximate surface area is 92.6 Å². The molecule has 1 atom stereocenters. The zero-order chi connectivity index (χ0) is 10.1. The molecule has 1 aromatic rings. The summed E-state index contributed by atoms with van der Waals surface area (Å²) in [6.45, 7) is 1.70. The predicted molar refractivity (Wildman–Crippen MR) is 60.5 cm³/mol. The molecule has 1 nitrogen and oxygen atoms in total. The van der Waals surface area contributed by atoms with Gasteiger partial charge in [-0.15, -0.1) is 0 Å². The fourth-order valence-corrected chi connectivity index (χ4v) is 2.61. The lowest BCUT2D eigenvalue weighted by atomic mass is 9.81. The highest BCUT2D eigenvalue weighted by molar-refractivity contribution is 9.10. The summed E-state index contributed by atoms with van der Waals surface area (Å²) in [5, 5.41) is 0. The van der Waals surface area contributed by atoms with Crippen LogP contribution in [0, 0.1) is 0 Å². The SMILES string of the molecule is CC(=O)C1CCCc2cc(Br)ccc21. The summed E-state index contributed by atoms with van der Waals surface area (Å²) in [4.78, 5) is 11.4. The van der Waals surface area contributed by atoms with E-state index in [4.69, 9.17) is 0 Å². The van der Waals surface area contributed by atoms with E-state index in [9.17, 15) is 4.79 Å². The third-order valence-corrected chi connectivity index (χ3v) is 3.40. The Morgan fingerprint density at radius 3 is 3.00 bits per heavy atom. The molecule has 0 N–H and O–H groups in total. The monoisotopic (exact) mass is 252 g/mol. The number of rotatable bonds is 1. The summed E-state index contributed by atoms with van der Waals surface area (Å²) < 4.78 is 1.11. The Bertz CT molecular complexity index is 371. The van der Waals surface area contributed by atoms with E-state index in [1.165, 1.54) is 11.1 Å². The number of benzene rings is 1. The Balaban J connectivity index is 2.44. The van der Waals surface area contributed by atoms with Crippen molar-refractivity contribution in [3.8, 4) is 0 Å². The van der Waals surface area contributed by atoms with Gasteiger partial charge in [-0.25, -0.2) is 0 Å². The van der Waals surface area contributed by atoms with Crippen LogP contribution in [0.5, 0.6) is 0 Å². The number of carbonyl (C=O) groups excluding carboxylic acids is 1. The Kier molecular flexibility index (Phi) is 2.73. The van der Waals surface area contributed by atoms with Crippen LogP contribution in [0.2, 0.25) is 0 Å². The first-order chi connectivity index (χ1) is 6.68. The molecule has 0 spiro atoms. The van der Waals surface area contributed by atoms with Crippen molar-refractivity contribution < 1.29 is 4.79 Å². The smallest absolute Gasteiger partial charge is 0.137 e. The lowest BCUT2D eigenvalue weighted by Crippen LogP contribution is -2.15. The molecule has 74 valence electrons. The van der Waals surface area contributed by atoms with Gasteiger partial charge in [0, 0.05) is 10.4 Å². The van der Waals surface area contributed by atoms with Crippen molar-refractivity contribution in [3.05, 3.63) is 33.8 Å². The molecule has 0 aromatic heterocycles. The van der Waals surface area contributed by atoms with Crippen molar-refractivity contribution in [3.63, 3.8) is 0 Å². The summed E-state index contributed by atoms with van der Waals surface area (Å²) in [5.41, 5.74) is 2.58. The van der Waals surface area contributed by atoms with Gasteiger partial charge in [0.15, 0.2) is 0 Å². The summed E-state index contributed by atoms with van der Waals surface area (Å²) >= 11 is 3.46. The average Bonchev–Trinajstić information content (AvgIpc) is 2.16. The van der Waals surface area contributed by atoms with Crippen LogP contribution in [0.3, 0.4) is 0 Å². The van der Waals surface area contributed by atoms with E-state index < -0.39 is 0 Å². The van der Waals surface area contributed by atoms with Gasteiger partial charge in [-0.2, -0.15) is 0 Å². The lowest BCUT2D eigenvalue weighted by molar-refractivity contribution is -0.118. The zero-order valence-corrected chi connectivity index (χ0v) is 9.80. The van der Waals surface area contributed by atoms with Crippen LogP contribution in [-0.4, -0.2) is 5.78 Å². The van der Waals surface area contributed by atoms with Crippen LogP contribution >= 0.6 is 15.9 Å². The zero-order valence-electron chi connectivity index (χ0n) is 8.22. The maximum atomic E-state index is 11.4. The third-order valence-electron chi connectivity index (χ3n) is 2.91. The molecule has 0 fully saturated rings. The van der Waals surface area contributed by atoms with Gasteiger partial charge >= 0.3 is 0 Å². The van der Waals surface area contributed by atoms with E-state index in [0.29, 0.717) is 5.78 Å². The Hall–Kier alpha value is -0.630. The highest BCUT2D eigenvalue weighted by atomic mass is 79.9. The van der Waals surface area contributed by atoms with Gasteiger partial charge in [0.1, 0.15) is 5.78 Å². The molecule has 2 heteroatoms. The molecule has 14 heavy (non-hydrogen) atoms. The minimum absolute atomic E-state index is 0.145. The predicted octanol–water partition coefficient (Wildman–Crippen LogP) is 3.46. The highest BCUT2D eigenvalue weighted by Gasteiger charge is 2.23. The van der Waals surface area contributed by atoms with Crippen LogP contribution in [0.4, 0.5) is 0 Å². The minimum Gasteiger partial charge on any atom is -0.299 e. The number of hydrogen-bond acceptors (Lipinski definition) is 1. The van der Waals surface area contributed by atoms with Crippen molar-refractivity contribution in [2.24, 2.45) is 0 Å². The molecule has 2 rings (SSSR count). The maximum Gasteiger partial charge on any atom is 0.137 e. The van der Waals surface area contributed by atoms with E-state index in [-0.39, 0.29) is 5.92 Å². The largest absolute Gasteiger partial charge is 0.299 e. The second kappa shape index (κ2) is 3.85. The standard InChI is InChI=1S/C12H13BrO/c1-8(14)11-4-2-3-9-7-10(13)5-6-12(9)11/h5-7,11H,2-4H2,1H3. The molecule has 1 unspecified atom stereocenters. The number of fused-ring (bicyclic) bond motifs is 1. The molecular formula is C12H13BrO. The number of halogens is 1. The van der Waals surface area contributed by atoms with Gasteiger partial charge in [0.05, 0.1) is 0 Å². The molecule has 1 aromatic carbocycles. The normalized spacial score (nSPS) is 20.3. The average molecular weight is 253 g/mol. The van der Waals surface area contributed by atoms with Gasteiger partial charge < -0.3 is 0 Å². The molecule has 1 aliphatic carbocycles. The topological polar surface area (TPSA) is 17.1 Å².